The molecule has 0 spiro atoms. The van der Waals surface area contributed by atoms with E-state index in [0.29, 0.717) is 0 Å². The van der Waals surface area contributed by atoms with Crippen LogP contribution >= 0.6 is 0 Å². The number of hydrogen-bond donors (Lipinski definition) is 0. The zero-order chi connectivity index (χ0) is 11.5. The van der Waals surface area contributed by atoms with E-state index in [1.807, 2.05) is 30.3 Å². The highest BCUT2D eigenvalue weighted by molar-refractivity contribution is 5.18. The van der Waals surface area contributed by atoms with Gasteiger partial charge in [0.05, 0.1) is 13.5 Å². The minimum Gasteiger partial charge on any atom is -0.272 e. The van der Waals surface area contributed by atoms with Crippen LogP contribution in [-0.2, 0) is 9.68 Å². The largest absolute Gasteiger partial charge is 0.315 e. The van der Waals surface area contributed by atoms with Crippen molar-refractivity contribution in [2.45, 2.75) is 18.7 Å². The zero-order valence-corrected chi connectivity index (χ0v) is 8.78. The van der Waals surface area contributed by atoms with Gasteiger partial charge in [-0.2, -0.15) is 0 Å². The Morgan fingerprint density at radius 2 is 2.19 bits per heavy atom. The van der Waals surface area contributed by atoms with Crippen LogP contribution in [0.1, 0.15) is 18.1 Å². The summed E-state index contributed by atoms with van der Waals surface area (Å²) in [6, 6.07) is 9.38. The van der Waals surface area contributed by atoms with E-state index in [-0.39, 0.29) is 12.5 Å². The quantitative estimate of drug-likeness (QED) is 0.575. The maximum absolute atomic E-state index is 10.8. The van der Waals surface area contributed by atoms with Crippen LogP contribution in [-0.4, -0.2) is 23.4 Å². The Labute approximate surface area is 92.4 Å². The molecule has 6 nitrogen and oxygen atoms in total. The molecule has 1 aromatic carbocycles. The van der Waals surface area contributed by atoms with E-state index >= 15 is 0 Å². The number of hydrogen-bond acceptors (Lipinski definition) is 5. The minimum atomic E-state index is -0.949. The Morgan fingerprint density at radius 1 is 1.50 bits per heavy atom. The Morgan fingerprint density at radius 3 is 2.69 bits per heavy atom. The third-order valence-corrected chi connectivity index (χ3v) is 2.49. The van der Waals surface area contributed by atoms with Gasteiger partial charge in [0, 0.05) is 10.1 Å². The summed E-state index contributed by atoms with van der Waals surface area (Å²) in [6.45, 7) is 0. The number of benzene rings is 1. The lowest BCUT2D eigenvalue weighted by Gasteiger charge is -2.13. The van der Waals surface area contributed by atoms with Crippen molar-refractivity contribution in [2.24, 2.45) is 0 Å². The molecule has 0 amide bonds. The second-order valence-electron chi connectivity index (χ2n) is 3.47. The van der Waals surface area contributed by atoms with Crippen molar-refractivity contribution in [1.82, 2.24) is 5.23 Å². The predicted octanol–water partition coefficient (Wildman–Crippen LogP) is 1.53. The highest BCUT2D eigenvalue weighted by Crippen LogP contribution is 2.33. The molecule has 2 rings (SSSR count). The molecule has 0 bridgehead atoms. The molecule has 2 unspecified atom stereocenters. The molecule has 16 heavy (non-hydrogen) atoms. The third-order valence-electron chi connectivity index (χ3n) is 2.49. The SMILES string of the molecule is CON1OC(c2ccccc2)CC1[N+](=O)[O-]. The number of nitro groups is 1. The first-order valence-corrected chi connectivity index (χ1v) is 4.91. The van der Waals surface area contributed by atoms with Crippen molar-refractivity contribution in [3.8, 4) is 0 Å². The first-order valence-electron chi connectivity index (χ1n) is 4.91. The molecule has 1 fully saturated rings. The van der Waals surface area contributed by atoms with Crippen molar-refractivity contribution in [3.63, 3.8) is 0 Å². The maximum Gasteiger partial charge on any atom is 0.315 e. The van der Waals surface area contributed by atoms with Gasteiger partial charge in [0.15, 0.2) is 0 Å². The first kappa shape index (κ1) is 11.0. The Kier molecular flexibility index (Phi) is 3.14. The van der Waals surface area contributed by atoms with E-state index in [2.05, 4.69) is 0 Å². The van der Waals surface area contributed by atoms with Gasteiger partial charge >= 0.3 is 6.17 Å². The van der Waals surface area contributed by atoms with Crippen molar-refractivity contribution < 1.29 is 14.6 Å². The number of nitrogens with zero attached hydrogens (tertiary/aromatic N) is 2. The molecule has 1 saturated heterocycles. The van der Waals surface area contributed by atoms with Gasteiger partial charge in [0.1, 0.15) is 6.10 Å². The summed E-state index contributed by atoms with van der Waals surface area (Å²) in [7, 11) is 1.35. The molecule has 2 atom stereocenters. The van der Waals surface area contributed by atoms with Crippen LogP contribution in [0.15, 0.2) is 30.3 Å². The topological polar surface area (TPSA) is 64.8 Å². The van der Waals surface area contributed by atoms with E-state index in [1.54, 1.807) is 0 Å². The second kappa shape index (κ2) is 4.56. The summed E-state index contributed by atoms with van der Waals surface area (Å²) in [4.78, 5) is 20.5. The van der Waals surface area contributed by atoms with Gasteiger partial charge in [-0.15, -0.1) is 0 Å². The van der Waals surface area contributed by atoms with E-state index in [4.69, 9.17) is 9.68 Å². The fourth-order valence-electron chi connectivity index (χ4n) is 1.71. The maximum atomic E-state index is 10.8. The van der Waals surface area contributed by atoms with Crippen LogP contribution in [0.5, 0.6) is 0 Å². The standard InChI is InChI=1S/C10H12N2O4/c1-15-12-10(11(13)14)7-9(16-12)8-5-3-2-4-6-8/h2-6,9-10H,7H2,1H3. The van der Waals surface area contributed by atoms with Crippen molar-refractivity contribution in [1.29, 1.82) is 0 Å². The van der Waals surface area contributed by atoms with E-state index in [0.717, 1.165) is 10.8 Å². The lowest BCUT2D eigenvalue weighted by molar-refractivity contribution is -0.597. The fourth-order valence-corrected chi connectivity index (χ4v) is 1.71. The predicted molar refractivity (Wildman–Crippen MR) is 54.5 cm³/mol. The highest BCUT2D eigenvalue weighted by atomic mass is 17.0. The molecule has 86 valence electrons. The van der Waals surface area contributed by atoms with Crippen LogP contribution < -0.4 is 0 Å². The Bertz CT molecular complexity index is 370. The van der Waals surface area contributed by atoms with Gasteiger partial charge in [0.25, 0.3) is 0 Å². The summed E-state index contributed by atoms with van der Waals surface area (Å²) in [5, 5.41) is 11.7. The Hall–Kier alpha value is -1.50. The Balaban J connectivity index is 2.14. The summed E-state index contributed by atoms with van der Waals surface area (Å²) in [5.41, 5.74) is 0.911. The van der Waals surface area contributed by atoms with Crippen molar-refractivity contribution >= 4 is 0 Å². The van der Waals surface area contributed by atoms with Gasteiger partial charge in [-0.05, 0) is 5.56 Å². The lowest BCUT2D eigenvalue weighted by Crippen LogP contribution is -2.33. The highest BCUT2D eigenvalue weighted by Gasteiger charge is 2.43. The molecule has 1 aromatic rings. The molecule has 0 aromatic heterocycles. The average molecular weight is 224 g/mol. The van der Waals surface area contributed by atoms with Crippen LogP contribution in [0, 0.1) is 10.1 Å². The number of hydroxylamine groups is 2. The molecule has 0 saturated carbocycles. The molecule has 0 aliphatic carbocycles. The smallest absolute Gasteiger partial charge is 0.272 e. The fraction of sp³-hybridized carbons (Fsp3) is 0.400. The lowest BCUT2D eigenvalue weighted by atomic mass is 10.1. The van der Waals surface area contributed by atoms with Gasteiger partial charge in [-0.1, -0.05) is 30.3 Å². The molecule has 1 heterocycles. The van der Waals surface area contributed by atoms with Crippen LogP contribution in [0.25, 0.3) is 0 Å². The summed E-state index contributed by atoms with van der Waals surface area (Å²) < 4.78 is 0. The van der Waals surface area contributed by atoms with Crippen LogP contribution in [0.4, 0.5) is 0 Å². The normalized spacial score (nSPS) is 25.8. The summed E-state index contributed by atoms with van der Waals surface area (Å²) in [6.07, 6.45) is -0.989. The minimum absolute atomic E-state index is 0.283. The molecule has 1 aliphatic rings. The molecule has 1 aliphatic heterocycles. The summed E-state index contributed by atoms with van der Waals surface area (Å²) in [5.74, 6) is 0. The van der Waals surface area contributed by atoms with E-state index in [9.17, 15) is 10.1 Å². The van der Waals surface area contributed by atoms with Crippen LogP contribution in [0.3, 0.4) is 0 Å². The van der Waals surface area contributed by atoms with Crippen molar-refractivity contribution in [2.75, 3.05) is 7.11 Å². The zero-order valence-electron chi connectivity index (χ0n) is 8.78. The summed E-state index contributed by atoms with van der Waals surface area (Å²) >= 11 is 0. The molecular formula is C10H12N2O4. The molecular weight excluding hydrogens is 212 g/mol. The van der Waals surface area contributed by atoms with E-state index < -0.39 is 11.1 Å². The van der Waals surface area contributed by atoms with Crippen LogP contribution in [0.2, 0.25) is 0 Å². The van der Waals surface area contributed by atoms with E-state index in [1.165, 1.54) is 7.11 Å². The van der Waals surface area contributed by atoms with Gasteiger partial charge < -0.3 is 0 Å². The first-order chi connectivity index (χ1) is 7.72. The molecule has 0 N–H and O–H groups in total. The molecule has 6 heteroatoms. The second-order valence-corrected chi connectivity index (χ2v) is 3.47. The number of rotatable bonds is 3. The monoisotopic (exact) mass is 224 g/mol. The van der Waals surface area contributed by atoms with Gasteiger partial charge in [-0.3, -0.25) is 19.8 Å². The molecule has 0 radical (unpaired) electrons. The third kappa shape index (κ3) is 2.04. The average Bonchev–Trinajstić information content (AvgIpc) is 2.74. The van der Waals surface area contributed by atoms with Gasteiger partial charge in [0.2, 0.25) is 0 Å². The van der Waals surface area contributed by atoms with Gasteiger partial charge in [-0.25, -0.2) is 0 Å². The van der Waals surface area contributed by atoms with Crippen molar-refractivity contribution in [3.05, 3.63) is 46.0 Å².